The number of alkyl halides is 2. The summed E-state index contributed by atoms with van der Waals surface area (Å²) in [6.07, 6.45) is 0. The van der Waals surface area contributed by atoms with E-state index in [9.17, 15) is 18.8 Å². The molecule has 1 N–H and O–H groups in total. The summed E-state index contributed by atoms with van der Waals surface area (Å²) in [5.41, 5.74) is 0.988. The first-order valence-electron chi connectivity index (χ1n) is 7.12. The minimum Gasteiger partial charge on any atom is -0.433 e. The van der Waals surface area contributed by atoms with Crippen LogP contribution < -0.4 is 10.1 Å². The maximum absolute atomic E-state index is 12.4. The average Bonchev–Trinajstić information content (AvgIpc) is 2.54. The third-order valence-electron chi connectivity index (χ3n) is 3.00. The van der Waals surface area contributed by atoms with E-state index in [2.05, 4.69) is 20.0 Å². The second kappa shape index (κ2) is 8.39. The number of carbonyl (C=O) groups excluding carboxylic acids is 1. The van der Waals surface area contributed by atoms with Crippen molar-refractivity contribution in [2.45, 2.75) is 25.5 Å². The number of hydrogen-bond donors (Lipinski definition) is 1. The van der Waals surface area contributed by atoms with Gasteiger partial charge in [0.05, 0.1) is 17.1 Å². The molecule has 0 bridgehead atoms. The van der Waals surface area contributed by atoms with Crippen LogP contribution >= 0.6 is 11.8 Å². The lowest BCUT2D eigenvalue weighted by Crippen LogP contribution is -2.16. The Balaban J connectivity index is 2.07. The second-order valence-electron chi connectivity index (χ2n) is 4.86. The van der Waals surface area contributed by atoms with Crippen LogP contribution in [0.5, 0.6) is 5.75 Å². The standard InChI is InChI=1S/C16H14F2N4O2S/c1-9-11(7-19)15(21-10(2)20-9)25-8-14(23)22-12-5-3-4-6-13(12)24-16(17)18/h3-6,16H,8H2,1-2H3,(H,22,23). The van der Waals surface area contributed by atoms with Gasteiger partial charge in [-0.25, -0.2) is 9.97 Å². The highest BCUT2D eigenvalue weighted by molar-refractivity contribution is 8.00. The minimum atomic E-state index is -2.99. The van der Waals surface area contributed by atoms with Crippen LogP contribution in [0.1, 0.15) is 17.1 Å². The first-order chi connectivity index (χ1) is 11.9. The topological polar surface area (TPSA) is 87.9 Å². The molecule has 25 heavy (non-hydrogen) atoms. The molecule has 1 aromatic carbocycles. The molecule has 1 heterocycles. The number of nitrogens with one attached hydrogen (secondary N) is 1. The minimum absolute atomic E-state index is 0.0480. The summed E-state index contributed by atoms with van der Waals surface area (Å²) in [5, 5.41) is 12.1. The third-order valence-corrected chi connectivity index (χ3v) is 3.97. The summed E-state index contributed by atoms with van der Waals surface area (Å²) in [4.78, 5) is 20.4. The van der Waals surface area contributed by atoms with E-state index in [1.54, 1.807) is 19.9 Å². The molecule has 0 aliphatic rings. The van der Waals surface area contributed by atoms with Gasteiger partial charge in [-0.2, -0.15) is 14.0 Å². The molecule has 1 aromatic heterocycles. The Kier molecular flexibility index (Phi) is 6.25. The first-order valence-corrected chi connectivity index (χ1v) is 8.11. The highest BCUT2D eigenvalue weighted by atomic mass is 32.2. The van der Waals surface area contributed by atoms with Gasteiger partial charge in [0.2, 0.25) is 5.91 Å². The van der Waals surface area contributed by atoms with Crippen molar-refractivity contribution in [1.29, 1.82) is 5.26 Å². The lowest BCUT2D eigenvalue weighted by molar-refractivity contribution is -0.113. The summed E-state index contributed by atoms with van der Waals surface area (Å²) >= 11 is 1.07. The molecule has 0 aliphatic carbocycles. The molecule has 0 spiro atoms. The third kappa shape index (κ3) is 5.12. The van der Waals surface area contributed by atoms with Crippen molar-refractivity contribution in [3.05, 3.63) is 41.3 Å². The summed E-state index contributed by atoms with van der Waals surface area (Å²) in [6, 6.07) is 7.92. The maximum Gasteiger partial charge on any atom is 0.387 e. The van der Waals surface area contributed by atoms with E-state index in [1.807, 2.05) is 6.07 Å². The zero-order valence-corrected chi connectivity index (χ0v) is 14.2. The van der Waals surface area contributed by atoms with Crippen LogP contribution in [0.3, 0.4) is 0 Å². The van der Waals surface area contributed by atoms with Gasteiger partial charge in [0.1, 0.15) is 28.2 Å². The van der Waals surface area contributed by atoms with E-state index >= 15 is 0 Å². The number of aromatic nitrogens is 2. The Morgan fingerprint density at radius 3 is 2.76 bits per heavy atom. The molecule has 0 atom stereocenters. The highest BCUT2D eigenvalue weighted by Gasteiger charge is 2.15. The lowest BCUT2D eigenvalue weighted by Gasteiger charge is -2.11. The first kappa shape index (κ1) is 18.6. The fraction of sp³-hybridized carbons (Fsp3) is 0.250. The number of rotatable bonds is 6. The highest BCUT2D eigenvalue weighted by Crippen LogP contribution is 2.26. The maximum atomic E-state index is 12.4. The summed E-state index contributed by atoms with van der Waals surface area (Å²) in [6.45, 7) is 0.392. The summed E-state index contributed by atoms with van der Waals surface area (Å²) < 4.78 is 29.1. The molecular formula is C16H14F2N4O2S. The van der Waals surface area contributed by atoms with Gasteiger partial charge in [-0.3, -0.25) is 4.79 Å². The zero-order chi connectivity index (χ0) is 18.4. The van der Waals surface area contributed by atoms with Crippen LogP contribution in [0.25, 0.3) is 0 Å². The number of anilines is 1. The van der Waals surface area contributed by atoms with E-state index in [0.717, 1.165) is 11.8 Å². The van der Waals surface area contributed by atoms with Gasteiger partial charge >= 0.3 is 6.61 Å². The molecule has 130 valence electrons. The van der Waals surface area contributed by atoms with Gasteiger partial charge < -0.3 is 10.1 Å². The van der Waals surface area contributed by atoms with Crippen molar-refractivity contribution in [3.63, 3.8) is 0 Å². The predicted molar refractivity (Wildman–Crippen MR) is 88.6 cm³/mol. The Hall–Kier alpha value is -2.73. The largest absolute Gasteiger partial charge is 0.433 e. The number of thioether (sulfide) groups is 1. The number of para-hydroxylation sites is 2. The van der Waals surface area contributed by atoms with Gasteiger partial charge in [0, 0.05) is 0 Å². The SMILES string of the molecule is Cc1nc(C)c(C#N)c(SCC(=O)Nc2ccccc2OC(F)F)n1. The van der Waals surface area contributed by atoms with Crippen molar-refractivity contribution in [2.24, 2.45) is 0 Å². The number of benzene rings is 1. The molecule has 9 heteroatoms. The van der Waals surface area contributed by atoms with Crippen molar-refractivity contribution in [3.8, 4) is 11.8 Å². The number of amides is 1. The molecule has 2 aromatic rings. The molecule has 0 radical (unpaired) electrons. The molecule has 6 nitrogen and oxygen atoms in total. The Bertz CT molecular complexity index is 824. The summed E-state index contributed by atoms with van der Waals surface area (Å²) in [5.74, 6) is -0.112. The van der Waals surface area contributed by atoms with Crippen molar-refractivity contribution >= 4 is 23.4 Å². The van der Waals surface area contributed by atoms with E-state index < -0.39 is 12.5 Å². The second-order valence-corrected chi connectivity index (χ2v) is 5.82. The number of aryl methyl sites for hydroxylation is 2. The van der Waals surface area contributed by atoms with Crippen LogP contribution in [-0.2, 0) is 4.79 Å². The summed E-state index contributed by atoms with van der Waals surface area (Å²) in [7, 11) is 0. The predicted octanol–water partition coefficient (Wildman–Crippen LogP) is 3.30. The van der Waals surface area contributed by atoms with E-state index in [4.69, 9.17) is 0 Å². The van der Waals surface area contributed by atoms with E-state index in [1.165, 1.54) is 18.2 Å². The molecule has 0 fully saturated rings. The number of nitriles is 1. The number of ether oxygens (including phenoxy) is 1. The van der Waals surface area contributed by atoms with Gasteiger partial charge in [0.25, 0.3) is 0 Å². The number of nitrogens with zero attached hydrogens (tertiary/aromatic N) is 3. The molecular weight excluding hydrogens is 350 g/mol. The monoisotopic (exact) mass is 364 g/mol. The fourth-order valence-corrected chi connectivity index (χ4v) is 2.88. The fourth-order valence-electron chi connectivity index (χ4n) is 2.00. The molecule has 0 unspecified atom stereocenters. The average molecular weight is 364 g/mol. The molecule has 2 rings (SSSR count). The number of carbonyl (C=O) groups is 1. The van der Waals surface area contributed by atoms with Gasteiger partial charge in [-0.1, -0.05) is 23.9 Å². The molecule has 1 amide bonds. The Morgan fingerprint density at radius 2 is 2.08 bits per heavy atom. The normalized spacial score (nSPS) is 10.4. The van der Waals surface area contributed by atoms with Gasteiger partial charge in [-0.15, -0.1) is 0 Å². The quantitative estimate of drug-likeness (QED) is 0.625. The molecule has 0 saturated carbocycles. The smallest absolute Gasteiger partial charge is 0.387 e. The molecule has 0 saturated heterocycles. The van der Waals surface area contributed by atoms with Crippen LogP contribution in [0.15, 0.2) is 29.3 Å². The van der Waals surface area contributed by atoms with E-state index in [0.29, 0.717) is 22.1 Å². The van der Waals surface area contributed by atoms with Gasteiger partial charge in [-0.05, 0) is 26.0 Å². The Labute approximate surface area is 147 Å². The van der Waals surface area contributed by atoms with Crippen LogP contribution in [0.4, 0.5) is 14.5 Å². The van der Waals surface area contributed by atoms with Crippen LogP contribution in [-0.4, -0.2) is 28.2 Å². The van der Waals surface area contributed by atoms with Crippen LogP contribution in [0.2, 0.25) is 0 Å². The lowest BCUT2D eigenvalue weighted by atomic mass is 10.3. The van der Waals surface area contributed by atoms with Crippen molar-refractivity contribution < 1.29 is 18.3 Å². The van der Waals surface area contributed by atoms with E-state index in [-0.39, 0.29) is 17.2 Å². The van der Waals surface area contributed by atoms with Crippen molar-refractivity contribution in [1.82, 2.24) is 9.97 Å². The molecule has 0 aliphatic heterocycles. The Morgan fingerprint density at radius 1 is 1.36 bits per heavy atom. The van der Waals surface area contributed by atoms with Crippen LogP contribution in [0, 0.1) is 25.2 Å². The number of hydrogen-bond acceptors (Lipinski definition) is 6. The zero-order valence-electron chi connectivity index (χ0n) is 13.4. The van der Waals surface area contributed by atoms with Crippen molar-refractivity contribution in [2.75, 3.05) is 11.1 Å². The van der Waals surface area contributed by atoms with Gasteiger partial charge in [0.15, 0.2) is 0 Å². The number of halogens is 2.